The van der Waals surface area contributed by atoms with Gasteiger partial charge in [-0.05, 0) is 31.1 Å². The summed E-state index contributed by atoms with van der Waals surface area (Å²) in [4.78, 5) is 0. The Kier molecular flexibility index (Phi) is 4.44. The molecule has 2 aliphatic rings. The molecule has 0 aromatic heterocycles. The third-order valence-corrected chi connectivity index (χ3v) is 5.85. The van der Waals surface area contributed by atoms with E-state index in [4.69, 9.17) is 0 Å². The van der Waals surface area contributed by atoms with Gasteiger partial charge in [-0.15, -0.1) is 0 Å². The maximum Gasteiger partial charge on any atom is 0.214 e. The zero-order valence-electron chi connectivity index (χ0n) is 10.3. The van der Waals surface area contributed by atoms with Crippen LogP contribution >= 0.6 is 0 Å². The summed E-state index contributed by atoms with van der Waals surface area (Å²) in [6.07, 6.45) is 7.61. The molecule has 0 radical (unpaired) electrons. The molecule has 0 amide bonds. The largest absolute Gasteiger partial charge is 0.396 e. The first-order valence-electron chi connectivity index (χ1n) is 6.71. The van der Waals surface area contributed by atoms with Gasteiger partial charge in [0, 0.05) is 13.2 Å². The molecule has 2 saturated carbocycles. The molecule has 100 valence electrons. The summed E-state index contributed by atoms with van der Waals surface area (Å²) in [5, 5.41) is 9.14. The van der Waals surface area contributed by atoms with Gasteiger partial charge in [0.05, 0.1) is 5.25 Å². The van der Waals surface area contributed by atoms with Crippen LogP contribution in [0.4, 0.5) is 0 Å². The molecule has 1 atom stereocenters. The van der Waals surface area contributed by atoms with Crippen LogP contribution in [-0.2, 0) is 10.0 Å². The standard InChI is InChI=1S/C12H23NO3S/c14-9-11(7-10-3-1-2-4-10)8-13-17(15,16)12-5-6-12/h10-14H,1-9H2/t11-/m0/s1. The summed E-state index contributed by atoms with van der Waals surface area (Å²) >= 11 is 0. The van der Waals surface area contributed by atoms with E-state index in [0.29, 0.717) is 12.5 Å². The number of nitrogens with one attached hydrogen (secondary N) is 1. The molecule has 2 aliphatic carbocycles. The lowest BCUT2D eigenvalue weighted by Gasteiger charge is -2.18. The van der Waals surface area contributed by atoms with Crippen molar-refractivity contribution < 1.29 is 13.5 Å². The lowest BCUT2D eigenvalue weighted by atomic mass is 9.94. The predicted octanol–water partition coefficient (Wildman–Crippen LogP) is 1.26. The molecule has 0 aliphatic heterocycles. The highest BCUT2D eigenvalue weighted by Crippen LogP contribution is 2.31. The van der Waals surface area contributed by atoms with E-state index in [2.05, 4.69) is 4.72 Å². The minimum Gasteiger partial charge on any atom is -0.396 e. The molecule has 0 spiro atoms. The van der Waals surface area contributed by atoms with Crippen LogP contribution in [0.5, 0.6) is 0 Å². The van der Waals surface area contributed by atoms with Gasteiger partial charge in [0.15, 0.2) is 0 Å². The Morgan fingerprint density at radius 2 is 1.82 bits per heavy atom. The average Bonchev–Trinajstić information content (AvgIpc) is 3.05. The van der Waals surface area contributed by atoms with Crippen molar-refractivity contribution in [2.45, 2.75) is 50.2 Å². The SMILES string of the molecule is O=S(=O)(NC[C@@H](CO)CC1CCCC1)C1CC1. The quantitative estimate of drug-likeness (QED) is 0.725. The van der Waals surface area contributed by atoms with Gasteiger partial charge in [-0.2, -0.15) is 0 Å². The van der Waals surface area contributed by atoms with Gasteiger partial charge in [0.25, 0.3) is 0 Å². The van der Waals surface area contributed by atoms with Crippen LogP contribution < -0.4 is 4.72 Å². The number of rotatable bonds is 7. The highest BCUT2D eigenvalue weighted by Gasteiger charge is 2.35. The molecule has 0 bridgehead atoms. The van der Waals surface area contributed by atoms with E-state index in [1.165, 1.54) is 25.7 Å². The number of hydrogen-bond acceptors (Lipinski definition) is 3. The number of hydrogen-bond donors (Lipinski definition) is 2. The van der Waals surface area contributed by atoms with E-state index >= 15 is 0 Å². The first kappa shape index (κ1) is 13.3. The molecular formula is C12H23NO3S. The van der Waals surface area contributed by atoms with Crippen LogP contribution in [0.3, 0.4) is 0 Å². The van der Waals surface area contributed by atoms with Gasteiger partial charge >= 0.3 is 0 Å². The van der Waals surface area contributed by atoms with Gasteiger partial charge in [0.1, 0.15) is 0 Å². The summed E-state index contributed by atoms with van der Waals surface area (Å²) in [5.41, 5.74) is 0. The molecule has 2 fully saturated rings. The van der Waals surface area contributed by atoms with Gasteiger partial charge < -0.3 is 5.11 Å². The van der Waals surface area contributed by atoms with Gasteiger partial charge in [0.2, 0.25) is 10.0 Å². The topological polar surface area (TPSA) is 66.4 Å². The first-order valence-corrected chi connectivity index (χ1v) is 8.26. The molecule has 0 saturated heterocycles. The molecule has 0 unspecified atom stereocenters. The van der Waals surface area contributed by atoms with Crippen molar-refractivity contribution in [2.75, 3.05) is 13.2 Å². The Hall–Kier alpha value is -0.130. The summed E-state index contributed by atoms with van der Waals surface area (Å²) < 4.78 is 26.0. The fourth-order valence-corrected chi connectivity index (χ4v) is 4.13. The fraction of sp³-hybridized carbons (Fsp3) is 1.00. The highest BCUT2D eigenvalue weighted by molar-refractivity contribution is 7.90. The van der Waals surface area contributed by atoms with Gasteiger partial charge in [-0.3, -0.25) is 0 Å². The minimum absolute atomic E-state index is 0.0870. The zero-order chi connectivity index (χ0) is 12.3. The maximum absolute atomic E-state index is 11.7. The van der Waals surface area contributed by atoms with E-state index in [-0.39, 0.29) is 17.8 Å². The lowest BCUT2D eigenvalue weighted by molar-refractivity contribution is 0.202. The smallest absolute Gasteiger partial charge is 0.214 e. The molecule has 5 heteroatoms. The van der Waals surface area contributed by atoms with E-state index in [0.717, 1.165) is 19.3 Å². The van der Waals surface area contributed by atoms with E-state index in [1.807, 2.05) is 0 Å². The van der Waals surface area contributed by atoms with Crippen molar-refractivity contribution >= 4 is 10.0 Å². The fourth-order valence-electron chi connectivity index (χ4n) is 2.67. The third-order valence-electron chi connectivity index (χ3n) is 3.94. The summed E-state index contributed by atoms with van der Waals surface area (Å²) in [7, 11) is -3.09. The number of aliphatic hydroxyl groups excluding tert-OH is 1. The predicted molar refractivity (Wildman–Crippen MR) is 67.1 cm³/mol. The molecule has 2 rings (SSSR count). The molecular weight excluding hydrogens is 238 g/mol. The number of sulfonamides is 1. The second-order valence-electron chi connectivity index (χ2n) is 5.53. The molecule has 0 heterocycles. The van der Waals surface area contributed by atoms with Crippen LogP contribution in [0, 0.1) is 11.8 Å². The molecule has 0 aromatic rings. The van der Waals surface area contributed by atoms with E-state index in [9.17, 15) is 13.5 Å². The van der Waals surface area contributed by atoms with E-state index < -0.39 is 10.0 Å². The normalized spacial score (nSPS) is 24.1. The Morgan fingerprint density at radius 1 is 1.18 bits per heavy atom. The second kappa shape index (κ2) is 5.67. The van der Waals surface area contributed by atoms with Crippen molar-refractivity contribution in [3.05, 3.63) is 0 Å². The van der Waals surface area contributed by atoms with Crippen molar-refractivity contribution in [1.82, 2.24) is 4.72 Å². The molecule has 0 aromatic carbocycles. The average molecular weight is 261 g/mol. The lowest BCUT2D eigenvalue weighted by Crippen LogP contribution is -2.33. The van der Waals surface area contributed by atoms with E-state index in [1.54, 1.807) is 0 Å². The van der Waals surface area contributed by atoms with Crippen LogP contribution in [-0.4, -0.2) is 31.9 Å². The molecule has 4 nitrogen and oxygen atoms in total. The first-order chi connectivity index (χ1) is 8.12. The van der Waals surface area contributed by atoms with Gasteiger partial charge in [-0.1, -0.05) is 25.7 Å². The second-order valence-corrected chi connectivity index (χ2v) is 7.57. The maximum atomic E-state index is 11.7. The van der Waals surface area contributed by atoms with Crippen molar-refractivity contribution in [3.63, 3.8) is 0 Å². The van der Waals surface area contributed by atoms with Crippen LogP contribution in [0.15, 0.2) is 0 Å². The summed E-state index contributed by atoms with van der Waals surface area (Å²) in [6, 6.07) is 0. The molecule has 2 N–H and O–H groups in total. The summed E-state index contributed by atoms with van der Waals surface area (Å²) in [6.45, 7) is 0.496. The highest BCUT2D eigenvalue weighted by atomic mass is 32.2. The van der Waals surface area contributed by atoms with Crippen molar-refractivity contribution in [1.29, 1.82) is 0 Å². The third kappa shape index (κ3) is 3.93. The Labute approximate surface area is 104 Å². The van der Waals surface area contributed by atoms with Crippen LogP contribution in [0.1, 0.15) is 44.9 Å². The molecule has 17 heavy (non-hydrogen) atoms. The minimum atomic E-state index is -3.09. The van der Waals surface area contributed by atoms with Crippen molar-refractivity contribution in [3.8, 4) is 0 Å². The van der Waals surface area contributed by atoms with Crippen LogP contribution in [0.2, 0.25) is 0 Å². The Bertz CT molecular complexity index is 332. The monoisotopic (exact) mass is 261 g/mol. The van der Waals surface area contributed by atoms with Crippen LogP contribution in [0.25, 0.3) is 0 Å². The van der Waals surface area contributed by atoms with Crippen molar-refractivity contribution in [2.24, 2.45) is 11.8 Å². The summed E-state index contributed by atoms with van der Waals surface area (Å²) in [5.74, 6) is 0.782. The Morgan fingerprint density at radius 3 is 2.35 bits per heavy atom. The zero-order valence-corrected chi connectivity index (χ0v) is 11.1. The Balaban J connectivity index is 1.74. The number of aliphatic hydroxyl groups is 1. The van der Waals surface area contributed by atoms with Gasteiger partial charge in [-0.25, -0.2) is 13.1 Å².